The molecule has 0 saturated heterocycles. The maximum atomic E-state index is 4.54. The maximum Gasteiger partial charge on any atom is 0.158 e. The summed E-state index contributed by atoms with van der Waals surface area (Å²) in [5, 5.41) is 6.91. The molecule has 0 aliphatic heterocycles. The van der Waals surface area contributed by atoms with Gasteiger partial charge in [0.15, 0.2) is 5.82 Å². The zero-order chi connectivity index (χ0) is 19.1. The van der Waals surface area contributed by atoms with E-state index in [0.29, 0.717) is 6.04 Å². The molecule has 0 bridgehead atoms. The molecule has 0 fully saturated rings. The predicted molar refractivity (Wildman–Crippen MR) is 118 cm³/mol. The number of hydrogen-bond donors (Lipinski definition) is 1. The number of hydrazone groups is 1. The fraction of sp³-hybridized carbons (Fsp3) is 0.318. The lowest BCUT2D eigenvalue weighted by atomic mass is 9.97. The topological polar surface area (TPSA) is 55.1 Å². The van der Waals surface area contributed by atoms with Gasteiger partial charge >= 0.3 is 0 Å². The fourth-order valence-corrected chi connectivity index (χ4v) is 5.33. The number of nitrogens with one attached hydrogen (secondary N) is 1. The van der Waals surface area contributed by atoms with E-state index in [9.17, 15) is 0 Å². The van der Waals surface area contributed by atoms with E-state index in [1.165, 1.54) is 34.2 Å². The largest absolute Gasteiger partial charge is 0.344 e. The molecule has 1 N–H and O–H groups in total. The summed E-state index contributed by atoms with van der Waals surface area (Å²) < 4.78 is 2.29. The van der Waals surface area contributed by atoms with Gasteiger partial charge in [0.2, 0.25) is 0 Å². The predicted octanol–water partition coefficient (Wildman–Crippen LogP) is 5.55. The second-order valence-corrected chi connectivity index (χ2v) is 8.67. The summed E-state index contributed by atoms with van der Waals surface area (Å²) in [5.74, 6) is 0.813. The highest BCUT2D eigenvalue weighted by atomic mass is 32.1. The Balaban J connectivity index is 1.50. The van der Waals surface area contributed by atoms with Crippen LogP contribution in [-0.2, 0) is 12.8 Å². The second-order valence-electron chi connectivity index (χ2n) is 7.59. The lowest BCUT2D eigenvalue weighted by Gasteiger charge is -2.11. The molecule has 0 saturated carbocycles. The zero-order valence-corrected chi connectivity index (χ0v) is 17.0. The van der Waals surface area contributed by atoms with Crippen molar-refractivity contribution in [2.45, 2.75) is 45.6 Å². The smallest absolute Gasteiger partial charge is 0.158 e. The minimum absolute atomic E-state index is 0.402. The van der Waals surface area contributed by atoms with E-state index in [0.717, 1.165) is 34.4 Å². The van der Waals surface area contributed by atoms with Gasteiger partial charge in [-0.05, 0) is 51.2 Å². The number of fused-ring (bicyclic) bond motifs is 4. The molecular weight excluding hydrogens is 366 g/mol. The van der Waals surface area contributed by atoms with Crippen molar-refractivity contribution in [2.24, 2.45) is 5.10 Å². The molecular formula is C22H23N5S. The zero-order valence-electron chi connectivity index (χ0n) is 16.1. The molecule has 0 unspecified atom stereocenters. The number of anilines is 1. The highest BCUT2D eigenvalue weighted by Gasteiger charge is 2.19. The summed E-state index contributed by atoms with van der Waals surface area (Å²) in [4.78, 5) is 11.5. The molecule has 0 radical (unpaired) electrons. The van der Waals surface area contributed by atoms with Gasteiger partial charge in [0.25, 0.3) is 0 Å². The van der Waals surface area contributed by atoms with Crippen molar-refractivity contribution in [1.29, 1.82) is 0 Å². The van der Waals surface area contributed by atoms with Crippen molar-refractivity contribution < 1.29 is 0 Å². The van der Waals surface area contributed by atoms with Gasteiger partial charge in [-0.15, -0.1) is 11.3 Å². The quantitative estimate of drug-likeness (QED) is 0.368. The van der Waals surface area contributed by atoms with E-state index in [1.807, 2.05) is 6.21 Å². The summed E-state index contributed by atoms with van der Waals surface area (Å²) >= 11 is 1.81. The van der Waals surface area contributed by atoms with Crippen LogP contribution in [0.5, 0.6) is 0 Å². The van der Waals surface area contributed by atoms with Crippen molar-refractivity contribution in [1.82, 2.24) is 14.5 Å². The van der Waals surface area contributed by atoms with Crippen LogP contribution in [0.25, 0.3) is 21.1 Å². The number of nitrogens with zero attached hydrogens (tertiary/aromatic N) is 4. The summed E-state index contributed by atoms with van der Waals surface area (Å²) in [6.45, 7) is 4.39. The Bertz CT molecular complexity index is 1180. The number of para-hydroxylation sites is 1. The number of thiophene rings is 1. The van der Waals surface area contributed by atoms with Crippen molar-refractivity contribution in [2.75, 3.05) is 5.43 Å². The van der Waals surface area contributed by atoms with E-state index in [2.05, 4.69) is 69.4 Å². The van der Waals surface area contributed by atoms with Gasteiger partial charge in [-0.2, -0.15) is 5.10 Å². The number of aromatic nitrogens is 3. The first-order valence-electron chi connectivity index (χ1n) is 9.86. The SMILES string of the molecule is CC(C)n1cc(C=NNc2ncnc3sc4c(c23)CCCC4)c2ccccc21. The molecule has 3 aromatic heterocycles. The average molecular weight is 390 g/mol. The molecule has 0 amide bonds. The lowest BCUT2D eigenvalue weighted by Crippen LogP contribution is -2.01. The Morgan fingerprint density at radius 3 is 2.93 bits per heavy atom. The van der Waals surface area contributed by atoms with Gasteiger partial charge < -0.3 is 4.57 Å². The van der Waals surface area contributed by atoms with E-state index >= 15 is 0 Å². The number of aryl methyl sites for hydroxylation is 2. The average Bonchev–Trinajstić information content (AvgIpc) is 3.27. The third kappa shape index (κ3) is 2.88. The Morgan fingerprint density at radius 2 is 2.04 bits per heavy atom. The Hall–Kier alpha value is -2.73. The first-order chi connectivity index (χ1) is 13.7. The van der Waals surface area contributed by atoms with Gasteiger partial charge in [-0.3, -0.25) is 5.43 Å². The van der Waals surface area contributed by atoms with Gasteiger partial charge in [-0.1, -0.05) is 18.2 Å². The van der Waals surface area contributed by atoms with Crippen molar-refractivity contribution in [3.05, 3.63) is 52.8 Å². The van der Waals surface area contributed by atoms with Crippen molar-refractivity contribution >= 4 is 44.5 Å². The minimum Gasteiger partial charge on any atom is -0.344 e. The first kappa shape index (κ1) is 17.4. The molecule has 5 nitrogen and oxygen atoms in total. The van der Waals surface area contributed by atoms with Crippen LogP contribution in [0.3, 0.4) is 0 Å². The van der Waals surface area contributed by atoms with Crippen LogP contribution in [-0.4, -0.2) is 20.7 Å². The van der Waals surface area contributed by atoms with Crippen LogP contribution >= 0.6 is 11.3 Å². The van der Waals surface area contributed by atoms with E-state index in [1.54, 1.807) is 17.7 Å². The van der Waals surface area contributed by atoms with Gasteiger partial charge in [0, 0.05) is 33.6 Å². The molecule has 3 heterocycles. The van der Waals surface area contributed by atoms with E-state index in [-0.39, 0.29) is 0 Å². The molecule has 5 rings (SSSR count). The molecule has 1 aromatic carbocycles. The van der Waals surface area contributed by atoms with Gasteiger partial charge in [0.1, 0.15) is 11.2 Å². The fourth-order valence-electron chi connectivity index (χ4n) is 4.10. The molecule has 142 valence electrons. The summed E-state index contributed by atoms with van der Waals surface area (Å²) in [5.41, 5.74) is 6.95. The molecule has 0 atom stereocenters. The Labute approximate surface area is 168 Å². The third-order valence-electron chi connectivity index (χ3n) is 5.45. The monoisotopic (exact) mass is 389 g/mol. The van der Waals surface area contributed by atoms with Crippen LogP contribution in [0, 0.1) is 0 Å². The van der Waals surface area contributed by atoms with Crippen LogP contribution in [0.2, 0.25) is 0 Å². The molecule has 6 heteroatoms. The van der Waals surface area contributed by atoms with Crippen LogP contribution < -0.4 is 5.43 Å². The maximum absolute atomic E-state index is 4.54. The highest BCUT2D eigenvalue weighted by molar-refractivity contribution is 7.19. The number of rotatable bonds is 4. The first-order valence-corrected chi connectivity index (χ1v) is 10.7. The molecule has 28 heavy (non-hydrogen) atoms. The normalized spacial score (nSPS) is 14.4. The van der Waals surface area contributed by atoms with Gasteiger partial charge in [-0.25, -0.2) is 9.97 Å². The van der Waals surface area contributed by atoms with Crippen molar-refractivity contribution in [3.8, 4) is 0 Å². The molecule has 1 aliphatic rings. The van der Waals surface area contributed by atoms with Crippen LogP contribution in [0.4, 0.5) is 5.82 Å². The second kappa shape index (κ2) is 7.02. The summed E-state index contributed by atoms with van der Waals surface area (Å²) in [6.07, 6.45) is 10.5. The Morgan fingerprint density at radius 1 is 1.18 bits per heavy atom. The summed E-state index contributed by atoms with van der Waals surface area (Å²) in [7, 11) is 0. The van der Waals surface area contributed by atoms with Gasteiger partial charge in [0.05, 0.1) is 11.6 Å². The molecule has 4 aromatic rings. The standard InChI is InChI=1S/C22H23N5S/c1-14(2)27-12-15(16-7-3-5-9-18(16)27)11-25-26-21-20-17-8-4-6-10-19(17)28-22(20)24-13-23-21/h3,5,7,9,11-14H,4,6,8,10H2,1-2H3,(H,23,24,26). The molecule has 1 aliphatic carbocycles. The Kier molecular flexibility index (Phi) is 4.36. The van der Waals surface area contributed by atoms with Crippen LogP contribution in [0.1, 0.15) is 48.7 Å². The lowest BCUT2D eigenvalue weighted by molar-refractivity contribution is 0.623. The van der Waals surface area contributed by atoms with Crippen molar-refractivity contribution in [3.63, 3.8) is 0 Å². The number of benzene rings is 1. The van der Waals surface area contributed by atoms with E-state index < -0.39 is 0 Å². The van der Waals surface area contributed by atoms with E-state index in [4.69, 9.17) is 0 Å². The highest BCUT2D eigenvalue weighted by Crippen LogP contribution is 2.38. The van der Waals surface area contributed by atoms with Crippen LogP contribution in [0.15, 0.2) is 41.9 Å². The minimum atomic E-state index is 0.402. The summed E-state index contributed by atoms with van der Waals surface area (Å²) in [6, 6.07) is 8.86. The molecule has 0 spiro atoms. The third-order valence-corrected chi connectivity index (χ3v) is 6.65. The number of hydrogen-bond acceptors (Lipinski definition) is 5.